The van der Waals surface area contributed by atoms with Crippen LogP contribution in [0.5, 0.6) is 0 Å². The number of imidazole rings is 1. The minimum atomic E-state index is -3.73. The third-order valence-corrected chi connectivity index (χ3v) is 6.20. The summed E-state index contributed by atoms with van der Waals surface area (Å²) in [7, 11) is -2.48. The highest BCUT2D eigenvalue weighted by molar-refractivity contribution is 9.10. The summed E-state index contributed by atoms with van der Waals surface area (Å²) in [6, 6.07) is 12.0. The van der Waals surface area contributed by atoms with Gasteiger partial charge in [0.15, 0.2) is 0 Å². The molecule has 1 heterocycles. The lowest BCUT2D eigenvalue weighted by Crippen LogP contribution is -2.25. The summed E-state index contributed by atoms with van der Waals surface area (Å²) in [6.45, 7) is 0.898. The average molecular weight is 452 g/mol. The average Bonchev–Trinajstić information content (AvgIpc) is 3.08. The number of sulfonamides is 1. The lowest BCUT2D eigenvalue weighted by Gasteiger charge is -2.10. The summed E-state index contributed by atoms with van der Waals surface area (Å²) in [4.78, 5) is 16.1. The molecule has 3 aromatic rings. The van der Waals surface area contributed by atoms with Crippen molar-refractivity contribution < 1.29 is 17.9 Å². The van der Waals surface area contributed by atoms with Crippen LogP contribution in [0.3, 0.4) is 0 Å². The van der Waals surface area contributed by atoms with E-state index in [2.05, 4.69) is 30.4 Å². The number of ether oxygens (including phenoxy) is 1. The Labute approximate surface area is 165 Å². The molecule has 0 saturated carbocycles. The van der Waals surface area contributed by atoms with Crippen LogP contribution in [0, 0.1) is 0 Å². The maximum atomic E-state index is 12.5. The van der Waals surface area contributed by atoms with Crippen LogP contribution in [-0.4, -0.2) is 37.6 Å². The maximum Gasteiger partial charge on any atom is 0.339 e. The van der Waals surface area contributed by atoms with Gasteiger partial charge in [-0.15, -0.1) is 0 Å². The largest absolute Gasteiger partial charge is 0.465 e. The molecule has 0 saturated heterocycles. The molecular weight excluding hydrogens is 434 g/mol. The molecule has 0 spiro atoms. The second-order valence-corrected chi connectivity index (χ2v) is 8.43. The second-order valence-electron chi connectivity index (χ2n) is 5.81. The van der Waals surface area contributed by atoms with Crippen LogP contribution in [0.15, 0.2) is 58.2 Å². The van der Waals surface area contributed by atoms with E-state index in [1.807, 2.05) is 28.8 Å². The van der Waals surface area contributed by atoms with Gasteiger partial charge in [0.1, 0.15) is 0 Å². The Hall–Kier alpha value is -2.23. The number of hydrogen-bond acceptors (Lipinski definition) is 5. The van der Waals surface area contributed by atoms with Gasteiger partial charge in [-0.25, -0.2) is 22.9 Å². The van der Waals surface area contributed by atoms with E-state index in [1.165, 1.54) is 25.3 Å². The van der Waals surface area contributed by atoms with Gasteiger partial charge in [0.25, 0.3) is 0 Å². The van der Waals surface area contributed by atoms with Crippen molar-refractivity contribution in [2.24, 2.45) is 0 Å². The van der Waals surface area contributed by atoms with Gasteiger partial charge in [-0.2, -0.15) is 0 Å². The molecule has 7 nitrogen and oxygen atoms in total. The highest BCUT2D eigenvalue weighted by Gasteiger charge is 2.18. The van der Waals surface area contributed by atoms with E-state index in [0.29, 0.717) is 17.4 Å². The number of benzene rings is 2. The summed E-state index contributed by atoms with van der Waals surface area (Å²) in [5, 5.41) is 0. The first-order valence-electron chi connectivity index (χ1n) is 8.20. The number of fused-ring (bicyclic) bond motifs is 1. The summed E-state index contributed by atoms with van der Waals surface area (Å²) in [6.07, 6.45) is 2.34. The topological polar surface area (TPSA) is 90.3 Å². The fourth-order valence-electron chi connectivity index (χ4n) is 2.67. The highest BCUT2D eigenvalue weighted by atomic mass is 79.9. The Morgan fingerprint density at radius 2 is 2.04 bits per heavy atom. The molecule has 0 radical (unpaired) electrons. The molecular formula is C18H18BrN3O4S. The molecule has 0 bridgehead atoms. The van der Waals surface area contributed by atoms with Crippen LogP contribution < -0.4 is 4.72 Å². The zero-order valence-corrected chi connectivity index (χ0v) is 17.0. The number of carbonyl (C=O) groups is 1. The fraction of sp³-hybridized carbons (Fsp3) is 0.222. The first-order chi connectivity index (χ1) is 12.9. The lowest BCUT2D eigenvalue weighted by molar-refractivity contribution is 0.0599. The van der Waals surface area contributed by atoms with Gasteiger partial charge in [-0.05, 0) is 52.7 Å². The van der Waals surface area contributed by atoms with Gasteiger partial charge >= 0.3 is 5.97 Å². The van der Waals surface area contributed by atoms with Crippen molar-refractivity contribution in [1.82, 2.24) is 14.3 Å². The first-order valence-corrected chi connectivity index (χ1v) is 10.5. The zero-order valence-electron chi connectivity index (χ0n) is 14.6. The summed E-state index contributed by atoms with van der Waals surface area (Å²) in [5.74, 6) is -0.606. The number of nitrogens with zero attached hydrogens (tertiary/aromatic N) is 2. The third-order valence-electron chi connectivity index (χ3n) is 4.05. The number of rotatable bonds is 7. The molecule has 1 N–H and O–H groups in total. The van der Waals surface area contributed by atoms with Crippen molar-refractivity contribution in [3.63, 3.8) is 0 Å². The van der Waals surface area contributed by atoms with Crippen molar-refractivity contribution >= 4 is 43.0 Å². The molecule has 0 aliphatic heterocycles. The van der Waals surface area contributed by atoms with Crippen molar-refractivity contribution in [3.8, 4) is 0 Å². The number of para-hydroxylation sites is 2. The Morgan fingerprint density at radius 1 is 1.26 bits per heavy atom. The van der Waals surface area contributed by atoms with Crippen LogP contribution in [0.4, 0.5) is 0 Å². The van der Waals surface area contributed by atoms with Crippen LogP contribution in [-0.2, 0) is 21.3 Å². The Bertz CT molecular complexity index is 1080. The molecule has 3 rings (SSSR count). The normalized spacial score (nSPS) is 11.6. The monoisotopic (exact) mass is 451 g/mol. The molecule has 0 atom stereocenters. The quantitative estimate of drug-likeness (QED) is 0.440. The van der Waals surface area contributed by atoms with Crippen molar-refractivity contribution in [2.75, 3.05) is 13.7 Å². The van der Waals surface area contributed by atoms with Gasteiger partial charge in [0, 0.05) is 17.6 Å². The van der Waals surface area contributed by atoms with Crippen LogP contribution in [0.1, 0.15) is 16.8 Å². The lowest BCUT2D eigenvalue weighted by atomic mass is 10.2. The number of hydrogen-bond donors (Lipinski definition) is 1. The van der Waals surface area contributed by atoms with Crippen LogP contribution in [0.25, 0.3) is 11.0 Å². The fourth-order valence-corrected chi connectivity index (χ4v) is 4.17. The molecule has 9 heteroatoms. The predicted molar refractivity (Wildman–Crippen MR) is 105 cm³/mol. The molecule has 2 aromatic carbocycles. The minimum Gasteiger partial charge on any atom is -0.465 e. The zero-order chi connectivity index (χ0) is 19.4. The smallest absolute Gasteiger partial charge is 0.339 e. The Morgan fingerprint density at radius 3 is 2.81 bits per heavy atom. The van der Waals surface area contributed by atoms with Crippen LogP contribution >= 0.6 is 15.9 Å². The van der Waals surface area contributed by atoms with E-state index < -0.39 is 16.0 Å². The Kier molecular flexibility index (Phi) is 5.93. The first kappa shape index (κ1) is 19.5. The van der Waals surface area contributed by atoms with E-state index >= 15 is 0 Å². The van der Waals surface area contributed by atoms with Gasteiger partial charge in [-0.3, -0.25) is 0 Å². The molecule has 0 unspecified atom stereocenters. The standard InChI is InChI=1S/C18H18BrN3O4S/c1-26-18(23)14-11-13(7-8-15(14)19)27(24,25)21-9-4-10-22-12-20-16-5-2-3-6-17(16)22/h2-3,5-8,11-12,21H,4,9-10H2,1H3. The van der Waals surface area contributed by atoms with Gasteiger partial charge < -0.3 is 9.30 Å². The number of carbonyl (C=O) groups excluding carboxylic acids is 1. The number of halogens is 1. The maximum absolute atomic E-state index is 12.5. The van der Waals surface area contributed by atoms with Crippen molar-refractivity contribution in [2.45, 2.75) is 17.9 Å². The van der Waals surface area contributed by atoms with E-state index in [4.69, 9.17) is 0 Å². The van der Waals surface area contributed by atoms with Crippen molar-refractivity contribution in [1.29, 1.82) is 0 Å². The molecule has 27 heavy (non-hydrogen) atoms. The van der Waals surface area contributed by atoms with E-state index in [0.717, 1.165) is 11.0 Å². The Balaban J connectivity index is 1.64. The molecule has 142 valence electrons. The van der Waals surface area contributed by atoms with Crippen LogP contribution in [0.2, 0.25) is 0 Å². The van der Waals surface area contributed by atoms with Crippen molar-refractivity contribution in [3.05, 3.63) is 58.8 Å². The van der Waals surface area contributed by atoms with E-state index in [9.17, 15) is 13.2 Å². The van der Waals surface area contributed by atoms with E-state index in [1.54, 1.807) is 6.33 Å². The molecule has 0 aliphatic rings. The summed E-state index contributed by atoms with van der Waals surface area (Å²) < 4.78 is 34.6. The summed E-state index contributed by atoms with van der Waals surface area (Å²) in [5.41, 5.74) is 2.07. The molecule has 1 aromatic heterocycles. The van der Waals surface area contributed by atoms with Gasteiger partial charge in [0.2, 0.25) is 10.0 Å². The predicted octanol–water partition coefficient (Wildman–Crippen LogP) is 2.95. The molecule has 0 fully saturated rings. The van der Waals surface area contributed by atoms with E-state index in [-0.39, 0.29) is 17.0 Å². The second kappa shape index (κ2) is 8.20. The summed E-state index contributed by atoms with van der Waals surface area (Å²) >= 11 is 3.22. The van der Waals surface area contributed by atoms with Gasteiger partial charge in [0.05, 0.1) is 34.9 Å². The molecule has 0 aliphatic carbocycles. The third kappa shape index (κ3) is 4.37. The number of esters is 1. The molecule has 0 amide bonds. The van der Waals surface area contributed by atoms with Gasteiger partial charge in [-0.1, -0.05) is 12.1 Å². The number of aromatic nitrogens is 2. The minimum absolute atomic E-state index is 0.0131. The number of aryl methyl sites for hydroxylation is 1. The SMILES string of the molecule is COC(=O)c1cc(S(=O)(=O)NCCCn2cnc3ccccc32)ccc1Br. The highest BCUT2D eigenvalue weighted by Crippen LogP contribution is 2.22. The number of methoxy groups -OCH3 is 1. The number of nitrogens with one attached hydrogen (secondary N) is 1.